The van der Waals surface area contributed by atoms with E-state index in [1.807, 2.05) is 4.90 Å². The number of hydrogen-bond acceptors (Lipinski definition) is 2. The average Bonchev–Trinajstić information content (AvgIpc) is 2.04. The van der Waals surface area contributed by atoms with Gasteiger partial charge < -0.3 is 9.80 Å². The molecule has 3 nitrogen and oxygen atoms in total. The zero-order valence-corrected chi connectivity index (χ0v) is 8.21. The Labute approximate surface area is 74.3 Å². The van der Waals surface area contributed by atoms with Crippen LogP contribution in [0.25, 0.3) is 0 Å². The maximum absolute atomic E-state index is 11.0. The molecule has 0 aromatic rings. The van der Waals surface area contributed by atoms with Gasteiger partial charge in [0.05, 0.1) is 0 Å². The highest BCUT2D eigenvalue weighted by molar-refractivity contribution is 5.73. The first kappa shape index (κ1) is 9.52. The van der Waals surface area contributed by atoms with Crippen LogP contribution in [0.4, 0.5) is 0 Å². The van der Waals surface area contributed by atoms with Gasteiger partial charge in [-0.05, 0) is 26.9 Å². The Morgan fingerprint density at radius 2 is 1.83 bits per heavy atom. The standard InChI is InChI=1S/C9H18N2O/c1-8(12)11-6-4-9(5-7-11)10(2)3/h9H,4-7H2,1-3H3. The summed E-state index contributed by atoms with van der Waals surface area (Å²) in [4.78, 5) is 15.2. The van der Waals surface area contributed by atoms with Crippen molar-refractivity contribution in [2.45, 2.75) is 25.8 Å². The summed E-state index contributed by atoms with van der Waals surface area (Å²) in [6.45, 7) is 3.51. The molecule has 0 radical (unpaired) electrons. The summed E-state index contributed by atoms with van der Waals surface area (Å²) in [5.41, 5.74) is 0. The van der Waals surface area contributed by atoms with Crippen LogP contribution in [-0.2, 0) is 4.79 Å². The van der Waals surface area contributed by atoms with Crippen LogP contribution in [0.5, 0.6) is 0 Å². The molecular weight excluding hydrogens is 152 g/mol. The normalized spacial score (nSPS) is 20.2. The molecule has 1 fully saturated rings. The predicted octanol–water partition coefficient (Wildman–Crippen LogP) is 0.559. The van der Waals surface area contributed by atoms with E-state index in [4.69, 9.17) is 0 Å². The number of rotatable bonds is 1. The molecular formula is C9H18N2O. The summed E-state index contributed by atoms with van der Waals surface area (Å²) in [6, 6.07) is 0.667. The van der Waals surface area contributed by atoms with Gasteiger partial charge in [-0.2, -0.15) is 0 Å². The van der Waals surface area contributed by atoms with Gasteiger partial charge in [0.1, 0.15) is 0 Å². The van der Waals surface area contributed by atoms with Crippen LogP contribution in [0.2, 0.25) is 0 Å². The Morgan fingerprint density at radius 1 is 1.33 bits per heavy atom. The fourth-order valence-corrected chi connectivity index (χ4v) is 1.70. The van der Waals surface area contributed by atoms with Gasteiger partial charge in [0.15, 0.2) is 0 Å². The number of nitrogens with zero attached hydrogens (tertiary/aromatic N) is 2. The number of likely N-dealkylation sites (tertiary alicyclic amines) is 1. The molecule has 0 aromatic carbocycles. The van der Waals surface area contributed by atoms with E-state index in [-0.39, 0.29) is 5.91 Å². The molecule has 0 atom stereocenters. The van der Waals surface area contributed by atoms with Crippen molar-refractivity contribution in [2.24, 2.45) is 0 Å². The van der Waals surface area contributed by atoms with Gasteiger partial charge >= 0.3 is 0 Å². The second-order valence-corrected chi connectivity index (χ2v) is 3.70. The molecule has 1 rings (SSSR count). The summed E-state index contributed by atoms with van der Waals surface area (Å²) in [5.74, 6) is 0.215. The predicted molar refractivity (Wildman–Crippen MR) is 49.0 cm³/mol. The molecule has 0 aromatic heterocycles. The summed E-state index contributed by atoms with van der Waals surface area (Å²) in [7, 11) is 4.21. The van der Waals surface area contributed by atoms with Crippen molar-refractivity contribution in [1.29, 1.82) is 0 Å². The average molecular weight is 170 g/mol. The second-order valence-electron chi connectivity index (χ2n) is 3.70. The Bertz CT molecular complexity index is 160. The van der Waals surface area contributed by atoms with E-state index < -0.39 is 0 Å². The van der Waals surface area contributed by atoms with Crippen molar-refractivity contribution in [1.82, 2.24) is 9.80 Å². The molecule has 0 aliphatic carbocycles. The fourth-order valence-electron chi connectivity index (χ4n) is 1.70. The molecule has 1 saturated heterocycles. The largest absolute Gasteiger partial charge is 0.343 e. The monoisotopic (exact) mass is 170 g/mol. The number of amides is 1. The number of carbonyl (C=O) groups is 1. The zero-order valence-electron chi connectivity index (χ0n) is 8.21. The molecule has 0 spiro atoms. The van der Waals surface area contributed by atoms with Gasteiger partial charge in [-0.1, -0.05) is 0 Å². The third kappa shape index (κ3) is 2.21. The molecule has 0 bridgehead atoms. The first-order valence-electron chi connectivity index (χ1n) is 4.53. The smallest absolute Gasteiger partial charge is 0.219 e. The molecule has 0 unspecified atom stereocenters. The van der Waals surface area contributed by atoms with E-state index >= 15 is 0 Å². The van der Waals surface area contributed by atoms with Crippen molar-refractivity contribution in [3.05, 3.63) is 0 Å². The van der Waals surface area contributed by atoms with Gasteiger partial charge in [0.25, 0.3) is 0 Å². The molecule has 12 heavy (non-hydrogen) atoms. The summed E-state index contributed by atoms with van der Waals surface area (Å²) >= 11 is 0. The van der Waals surface area contributed by atoms with E-state index in [1.54, 1.807) is 6.92 Å². The van der Waals surface area contributed by atoms with Gasteiger partial charge in [0, 0.05) is 26.1 Å². The lowest BCUT2D eigenvalue weighted by Gasteiger charge is -2.34. The van der Waals surface area contributed by atoms with Crippen LogP contribution in [0.15, 0.2) is 0 Å². The molecule has 1 heterocycles. The maximum Gasteiger partial charge on any atom is 0.219 e. The van der Waals surface area contributed by atoms with E-state index in [1.165, 1.54) is 0 Å². The highest BCUT2D eigenvalue weighted by Crippen LogP contribution is 2.13. The van der Waals surface area contributed by atoms with Gasteiger partial charge in [-0.3, -0.25) is 4.79 Å². The quantitative estimate of drug-likeness (QED) is 0.574. The van der Waals surface area contributed by atoms with Crippen LogP contribution >= 0.6 is 0 Å². The Kier molecular flexibility index (Phi) is 3.09. The summed E-state index contributed by atoms with van der Waals surface area (Å²) in [6.07, 6.45) is 2.24. The van der Waals surface area contributed by atoms with Crippen molar-refractivity contribution in [3.8, 4) is 0 Å². The lowest BCUT2D eigenvalue weighted by molar-refractivity contribution is -0.130. The van der Waals surface area contributed by atoms with Gasteiger partial charge in [0.2, 0.25) is 5.91 Å². The molecule has 0 saturated carbocycles. The van der Waals surface area contributed by atoms with Crippen LogP contribution in [0.1, 0.15) is 19.8 Å². The molecule has 0 N–H and O–H groups in total. The van der Waals surface area contributed by atoms with Crippen molar-refractivity contribution in [2.75, 3.05) is 27.2 Å². The number of carbonyl (C=O) groups excluding carboxylic acids is 1. The summed E-state index contributed by atoms with van der Waals surface area (Å²) in [5, 5.41) is 0. The first-order valence-corrected chi connectivity index (χ1v) is 4.53. The highest BCUT2D eigenvalue weighted by atomic mass is 16.2. The minimum absolute atomic E-state index is 0.215. The SMILES string of the molecule is CC(=O)N1CCC(N(C)C)CC1. The lowest BCUT2D eigenvalue weighted by Crippen LogP contribution is -2.43. The summed E-state index contributed by atoms with van der Waals surface area (Å²) < 4.78 is 0. The van der Waals surface area contributed by atoms with Crippen molar-refractivity contribution in [3.63, 3.8) is 0 Å². The Hall–Kier alpha value is -0.570. The fraction of sp³-hybridized carbons (Fsp3) is 0.889. The van der Waals surface area contributed by atoms with E-state index in [0.717, 1.165) is 25.9 Å². The second kappa shape index (κ2) is 3.90. The molecule has 1 amide bonds. The number of piperidine rings is 1. The molecule has 1 aliphatic heterocycles. The molecule has 1 aliphatic rings. The van der Waals surface area contributed by atoms with Gasteiger partial charge in [-0.25, -0.2) is 0 Å². The van der Waals surface area contributed by atoms with Crippen molar-refractivity contribution < 1.29 is 4.79 Å². The highest BCUT2D eigenvalue weighted by Gasteiger charge is 2.21. The van der Waals surface area contributed by atoms with Crippen LogP contribution in [0.3, 0.4) is 0 Å². The van der Waals surface area contributed by atoms with Crippen LogP contribution in [0, 0.1) is 0 Å². The van der Waals surface area contributed by atoms with Crippen LogP contribution < -0.4 is 0 Å². The maximum atomic E-state index is 11.0. The minimum Gasteiger partial charge on any atom is -0.343 e. The van der Waals surface area contributed by atoms with Crippen molar-refractivity contribution >= 4 is 5.91 Å². The van der Waals surface area contributed by atoms with Crippen LogP contribution in [-0.4, -0.2) is 48.9 Å². The Balaban J connectivity index is 2.34. The van der Waals surface area contributed by atoms with Gasteiger partial charge in [-0.15, -0.1) is 0 Å². The lowest BCUT2D eigenvalue weighted by atomic mass is 10.0. The molecule has 70 valence electrons. The van der Waals surface area contributed by atoms with E-state index in [0.29, 0.717) is 6.04 Å². The number of hydrogen-bond donors (Lipinski definition) is 0. The van der Waals surface area contributed by atoms with E-state index in [9.17, 15) is 4.79 Å². The zero-order chi connectivity index (χ0) is 9.14. The topological polar surface area (TPSA) is 23.6 Å². The Morgan fingerprint density at radius 3 is 2.17 bits per heavy atom. The molecule has 3 heteroatoms. The third-order valence-corrected chi connectivity index (χ3v) is 2.64. The third-order valence-electron chi connectivity index (χ3n) is 2.64. The minimum atomic E-state index is 0.215. The van der Waals surface area contributed by atoms with E-state index in [2.05, 4.69) is 19.0 Å². The first-order chi connectivity index (χ1) is 5.61.